The highest BCUT2D eigenvalue weighted by Crippen LogP contribution is 2.71. The lowest BCUT2D eigenvalue weighted by atomic mass is 10.4. The largest absolute Gasteiger partial charge is 0.464 e. The Labute approximate surface area is 197 Å². The molecule has 0 spiro atoms. The van der Waals surface area contributed by atoms with Crippen molar-refractivity contribution in [2.24, 2.45) is 0 Å². The molecule has 0 radical (unpaired) electrons. The smallest absolute Gasteiger partial charge is 0.116 e. The van der Waals surface area contributed by atoms with E-state index in [2.05, 4.69) is 27.7 Å². The van der Waals surface area contributed by atoms with Crippen LogP contribution in [-0.2, 0) is 0 Å². The first-order chi connectivity index (χ1) is 13.5. The van der Waals surface area contributed by atoms with Crippen LogP contribution in [0.15, 0.2) is 53.8 Å². The number of hydrogen-bond acceptors (Lipinski definition) is 10. The lowest BCUT2D eigenvalue weighted by Crippen LogP contribution is -1.83. The van der Waals surface area contributed by atoms with E-state index >= 15 is 0 Å². The van der Waals surface area contributed by atoms with Gasteiger partial charge in [-0.1, -0.05) is 94.1 Å². The molecule has 28 heavy (non-hydrogen) atoms. The van der Waals surface area contributed by atoms with Crippen LogP contribution in [0.1, 0.15) is 23.0 Å². The molecular formula is C18H12O2S8. The molecule has 0 atom stereocenters. The Morgan fingerprint density at radius 1 is 0.357 bits per heavy atom. The summed E-state index contributed by atoms with van der Waals surface area (Å²) in [6, 6.07) is 0. The molecule has 2 aromatic heterocycles. The Kier molecular flexibility index (Phi) is 4.85. The van der Waals surface area contributed by atoms with Crippen molar-refractivity contribution in [1.82, 2.24) is 0 Å². The zero-order valence-electron chi connectivity index (χ0n) is 15.1. The average molecular weight is 517 g/mol. The Bertz CT molecular complexity index is 992. The molecule has 4 aliphatic rings. The minimum Gasteiger partial charge on any atom is -0.464 e. The standard InChI is InChI=1S/C18H12O2S8/c1-5-9-10(6(2)19-5)22-14-13(21-9)25-17(26-14)18-27-15-16(28-18)24-12-8(4)20-7(3)11(12)23-15/h1-4H3. The average Bonchev–Trinajstić information content (AvgIpc) is 3.39. The van der Waals surface area contributed by atoms with Gasteiger partial charge in [0.1, 0.15) is 23.0 Å². The third kappa shape index (κ3) is 2.97. The molecule has 0 aromatic carbocycles. The zero-order valence-corrected chi connectivity index (χ0v) is 21.6. The first kappa shape index (κ1) is 19.3. The molecule has 0 fully saturated rings. The van der Waals surface area contributed by atoms with Crippen molar-refractivity contribution in [2.45, 2.75) is 47.3 Å². The summed E-state index contributed by atoms with van der Waals surface area (Å²) < 4.78 is 20.1. The van der Waals surface area contributed by atoms with Gasteiger partial charge < -0.3 is 8.83 Å². The van der Waals surface area contributed by atoms with E-state index in [1.807, 2.05) is 94.1 Å². The van der Waals surface area contributed by atoms with Gasteiger partial charge in [-0.2, -0.15) is 0 Å². The highest BCUT2D eigenvalue weighted by atomic mass is 32.3. The summed E-state index contributed by atoms with van der Waals surface area (Å²) in [7, 11) is 0. The molecule has 0 saturated heterocycles. The second-order valence-corrected chi connectivity index (χ2v) is 16.0. The monoisotopic (exact) mass is 516 g/mol. The molecule has 0 bridgehead atoms. The number of fused-ring (bicyclic) bond motifs is 2. The van der Waals surface area contributed by atoms with Crippen LogP contribution in [0.4, 0.5) is 0 Å². The summed E-state index contributed by atoms with van der Waals surface area (Å²) in [5.41, 5.74) is 0. The van der Waals surface area contributed by atoms with Crippen molar-refractivity contribution >= 4 is 94.1 Å². The Morgan fingerprint density at radius 3 is 0.821 bits per heavy atom. The van der Waals surface area contributed by atoms with Crippen molar-refractivity contribution < 1.29 is 8.83 Å². The summed E-state index contributed by atoms with van der Waals surface area (Å²) in [5, 5.41) is 0. The molecule has 2 aromatic rings. The van der Waals surface area contributed by atoms with Crippen molar-refractivity contribution in [2.75, 3.05) is 0 Å². The molecule has 2 nitrogen and oxygen atoms in total. The van der Waals surface area contributed by atoms with Crippen molar-refractivity contribution in [3.8, 4) is 0 Å². The minimum absolute atomic E-state index is 1.04. The number of furan rings is 2. The summed E-state index contributed by atoms with van der Waals surface area (Å²) in [6.45, 7) is 8.28. The van der Waals surface area contributed by atoms with Crippen LogP contribution in [-0.4, -0.2) is 0 Å². The van der Waals surface area contributed by atoms with Crippen LogP contribution in [0.25, 0.3) is 0 Å². The molecule has 0 N–H and O–H groups in total. The van der Waals surface area contributed by atoms with Gasteiger partial charge in [-0.3, -0.25) is 0 Å². The van der Waals surface area contributed by atoms with E-state index in [9.17, 15) is 0 Å². The number of hydrogen-bond donors (Lipinski definition) is 0. The van der Waals surface area contributed by atoms with Crippen LogP contribution in [0.2, 0.25) is 0 Å². The van der Waals surface area contributed by atoms with Gasteiger partial charge in [0, 0.05) is 0 Å². The highest BCUT2D eigenvalue weighted by molar-refractivity contribution is 8.45. The van der Waals surface area contributed by atoms with Crippen LogP contribution < -0.4 is 0 Å². The quantitative estimate of drug-likeness (QED) is 0.336. The minimum atomic E-state index is 1.04. The van der Waals surface area contributed by atoms with Crippen molar-refractivity contribution in [1.29, 1.82) is 0 Å². The third-order valence-electron chi connectivity index (χ3n) is 4.32. The van der Waals surface area contributed by atoms with E-state index in [0.29, 0.717) is 0 Å². The summed E-state index contributed by atoms with van der Waals surface area (Å²) in [5.74, 6) is 4.16. The fraction of sp³-hybridized carbons (Fsp3) is 0.222. The predicted molar refractivity (Wildman–Crippen MR) is 131 cm³/mol. The van der Waals surface area contributed by atoms with Gasteiger partial charge >= 0.3 is 0 Å². The predicted octanol–water partition coefficient (Wildman–Crippen LogP) is 9.54. The third-order valence-corrected chi connectivity index (χ3v) is 16.6. The van der Waals surface area contributed by atoms with Gasteiger partial charge in [0.15, 0.2) is 0 Å². The normalized spacial score (nSPS) is 20.7. The lowest BCUT2D eigenvalue weighted by Gasteiger charge is -2.11. The zero-order chi connectivity index (χ0) is 19.2. The van der Waals surface area contributed by atoms with E-state index in [0.717, 1.165) is 23.0 Å². The van der Waals surface area contributed by atoms with Crippen molar-refractivity contribution in [3.05, 3.63) is 48.5 Å². The summed E-state index contributed by atoms with van der Waals surface area (Å²) in [6.07, 6.45) is 0. The van der Waals surface area contributed by atoms with E-state index < -0.39 is 0 Å². The second kappa shape index (κ2) is 7.05. The van der Waals surface area contributed by atoms with E-state index in [4.69, 9.17) is 8.83 Å². The van der Waals surface area contributed by atoms with Crippen molar-refractivity contribution in [3.63, 3.8) is 0 Å². The van der Waals surface area contributed by atoms with E-state index in [-0.39, 0.29) is 0 Å². The number of rotatable bonds is 0. The maximum Gasteiger partial charge on any atom is 0.116 e. The van der Waals surface area contributed by atoms with Crippen LogP contribution >= 0.6 is 94.1 Å². The fourth-order valence-electron chi connectivity index (χ4n) is 3.09. The van der Waals surface area contributed by atoms with E-state index in [1.165, 1.54) is 45.0 Å². The van der Waals surface area contributed by atoms with Gasteiger partial charge in [-0.25, -0.2) is 0 Å². The number of aryl methyl sites for hydroxylation is 4. The Balaban J connectivity index is 1.25. The summed E-state index contributed by atoms with van der Waals surface area (Å²) in [4.78, 5) is 5.20. The maximum atomic E-state index is 5.84. The second-order valence-electron chi connectivity index (χ2n) is 6.29. The fourth-order valence-corrected chi connectivity index (χ4v) is 15.3. The van der Waals surface area contributed by atoms with Gasteiger partial charge in [0.2, 0.25) is 0 Å². The molecule has 0 amide bonds. The maximum absolute atomic E-state index is 5.84. The molecule has 0 unspecified atom stereocenters. The molecule has 144 valence electrons. The SMILES string of the molecule is Cc1oc(C)c2c1SC1=C(SC(=C3SC4=C(S3)Sc3c(C)oc(C)c3S4)S1)S2. The molecule has 6 rings (SSSR count). The van der Waals surface area contributed by atoms with Gasteiger partial charge in [0.25, 0.3) is 0 Å². The first-order valence-electron chi connectivity index (χ1n) is 8.33. The Hall–Kier alpha value is 0.580. The van der Waals surface area contributed by atoms with Crippen LogP contribution in [0.3, 0.4) is 0 Å². The molecule has 10 heteroatoms. The molecule has 4 aliphatic heterocycles. The van der Waals surface area contributed by atoms with Crippen LogP contribution in [0, 0.1) is 27.7 Å². The van der Waals surface area contributed by atoms with Gasteiger partial charge in [0.05, 0.1) is 45.0 Å². The lowest BCUT2D eigenvalue weighted by molar-refractivity contribution is 0.494. The molecule has 0 saturated carbocycles. The van der Waals surface area contributed by atoms with Gasteiger partial charge in [-0.15, -0.1) is 0 Å². The number of thioether (sulfide) groups is 8. The van der Waals surface area contributed by atoms with Gasteiger partial charge in [-0.05, 0) is 27.7 Å². The topological polar surface area (TPSA) is 26.3 Å². The van der Waals surface area contributed by atoms with Crippen LogP contribution in [0.5, 0.6) is 0 Å². The first-order valence-corrected chi connectivity index (χ1v) is 14.9. The summed E-state index contributed by atoms with van der Waals surface area (Å²) >= 11 is 15.2. The highest BCUT2D eigenvalue weighted by Gasteiger charge is 2.37. The molecular weight excluding hydrogens is 505 g/mol. The Morgan fingerprint density at radius 2 is 0.571 bits per heavy atom. The molecule has 0 aliphatic carbocycles. The molecule has 6 heterocycles. The van der Waals surface area contributed by atoms with E-state index in [1.54, 1.807) is 0 Å².